The van der Waals surface area contributed by atoms with E-state index in [4.69, 9.17) is 30.8 Å². The fourth-order valence-electron chi connectivity index (χ4n) is 3.20. The Labute approximate surface area is 180 Å². The third-order valence-electron chi connectivity index (χ3n) is 4.71. The largest absolute Gasteiger partial charge is 0.493 e. The molecule has 6 N–H and O–H groups in total. The van der Waals surface area contributed by atoms with Crippen molar-refractivity contribution in [1.29, 1.82) is 0 Å². The fourth-order valence-corrected chi connectivity index (χ4v) is 3.20. The number of aromatic nitrogens is 3. The number of carbonyl (C=O) groups excluding carboxylic acids is 1. The molecule has 1 aliphatic heterocycles. The number of rotatable bonds is 7. The molecule has 1 aromatic carbocycles. The number of ether oxygens (including phenoxy) is 2. The first-order valence-corrected chi connectivity index (χ1v) is 10.0. The van der Waals surface area contributed by atoms with Crippen LogP contribution in [0.3, 0.4) is 0 Å². The smallest absolute Gasteiger partial charge is 0.300 e. The lowest BCUT2D eigenvalue weighted by molar-refractivity contribution is -0.134. The van der Waals surface area contributed by atoms with Gasteiger partial charge in [-0.3, -0.25) is 14.7 Å². The maximum absolute atomic E-state index is 12.9. The first-order valence-electron chi connectivity index (χ1n) is 10.0. The molecule has 1 saturated heterocycles. The number of likely N-dealkylation sites (tertiary alicyclic amines) is 1. The zero-order valence-electron chi connectivity index (χ0n) is 17.8. The van der Waals surface area contributed by atoms with Crippen molar-refractivity contribution in [3.63, 3.8) is 0 Å². The van der Waals surface area contributed by atoms with Crippen LogP contribution in [-0.2, 0) is 4.79 Å². The number of amides is 1. The van der Waals surface area contributed by atoms with E-state index in [9.17, 15) is 4.79 Å². The van der Waals surface area contributed by atoms with Crippen LogP contribution < -0.4 is 20.9 Å². The van der Waals surface area contributed by atoms with Crippen LogP contribution in [0.1, 0.15) is 48.3 Å². The minimum absolute atomic E-state index is 0.0168. The molecular formula is C20H30N6O5. The van der Waals surface area contributed by atoms with E-state index >= 15 is 0 Å². The number of methoxy groups -OCH3 is 1. The molecule has 1 amide bonds. The SMILES string of the molecule is CC(=O)O.COc1ccc(C(=O)N2CCC(c3nc(N)n[nH]3)CC2)cc1OCCCN. The molecule has 2 heterocycles. The van der Waals surface area contributed by atoms with E-state index in [1.165, 1.54) is 0 Å². The van der Waals surface area contributed by atoms with Gasteiger partial charge in [-0.05, 0) is 44.0 Å². The summed E-state index contributed by atoms with van der Waals surface area (Å²) in [7, 11) is 1.58. The maximum Gasteiger partial charge on any atom is 0.300 e. The maximum atomic E-state index is 12.9. The van der Waals surface area contributed by atoms with Gasteiger partial charge in [0.1, 0.15) is 5.82 Å². The molecule has 0 atom stereocenters. The number of hydrogen-bond donors (Lipinski definition) is 4. The van der Waals surface area contributed by atoms with Crippen LogP contribution in [0.25, 0.3) is 0 Å². The number of piperidine rings is 1. The summed E-state index contributed by atoms with van der Waals surface area (Å²) in [6, 6.07) is 5.26. The van der Waals surface area contributed by atoms with Gasteiger partial charge in [-0.15, -0.1) is 5.10 Å². The quantitative estimate of drug-likeness (QED) is 0.468. The summed E-state index contributed by atoms with van der Waals surface area (Å²) in [4.78, 5) is 27.9. The minimum atomic E-state index is -0.833. The van der Waals surface area contributed by atoms with Crippen LogP contribution >= 0.6 is 0 Å². The van der Waals surface area contributed by atoms with Crippen molar-refractivity contribution < 1.29 is 24.2 Å². The summed E-state index contributed by atoms with van der Waals surface area (Å²) in [5.41, 5.74) is 11.7. The monoisotopic (exact) mass is 434 g/mol. The summed E-state index contributed by atoms with van der Waals surface area (Å²) in [5, 5.41) is 14.2. The van der Waals surface area contributed by atoms with E-state index in [2.05, 4.69) is 15.2 Å². The topological polar surface area (TPSA) is 170 Å². The molecular weight excluding hydrogens is 404 g/mol. The van der Waals surface area contributed by atoms with Gasteiger partial charge in [0.25, 0.3) is 11.9 Å². The number of nitrogen functional groups attached to an aromatic ring is 1. The number of nitrogens with zero attached hydrogens (tertiary/aromatic N) is 3. The molecule has 11 nitrogen and oxygen atoms in total. The second kappa shape index (κ2) is 11.7. The Balaban J connectivity index is 0.000000785. The normalized spacial score (nSPS) is 13.8. The average molecular weight is 434 g/mol. The molecule has 1 aliphatic rings. The third kappa shape index (κ3) is 7.14. The van der Waals surface area contributed by atoms with Crippen molar-refractivity contribution >= 4 is 17.8 Å². The Morgan fingerprint density at radius 2 is 1.97 bits per heavy atom. The standard InChI is InChI=1S/C18H26N6O3.C2H4O2/c1-26-14-4-3-13(11-15(14)27-10-2-7-19)17(25)24-8-5-12(6-9-24)16-21-18(20)23-22-16;1-2(3)4/h3-4,11-12H,2,5-10,19H2,1H3,(H3,20,21,22,23);1H3,(H,3,4). The molecule has 0 radical (unpaired) electrons. The Morgan fingerprint density at radius 3 is 2.52 bits per heavy atom. The van der Waals surface area contributed by atoms with E-state index in [-0.39, 0.29) is 17.8 Å². The first kappa shape index (κ1) is 23.9. The summed E-state index contributed by atoms with van der Waals surface area (Å²) in [5.74, 6) is 1.60. The van der Waals surface area contributed by atoms with Gasteiger partial charge in [-0.2, -0.15) is 4.98 Å². The highest BCUT2D eigenvalue weighted by molar-refractivity contribution is 5.95. The van der Waals surface area contributed by atoms with Crippen LogP contribution in [0, 0.1) is 0 Å². The van der Waals surface area contributed by atoms with Crippen LogP contribution in [-0.4, -0.2) is 70.4 Å². The number of nitrogens with one attached hydrogen (secondary N) is 1. The lowest BCUT2D eigenvalue weighted by atomic mass is 9.95. The van der Waals surface area contributed by atoms with Crippen molar-refractivity contribution in [2.75, 3.05) is 39.1 Å². The van der Waals surface area contributed by atoms with Crippen LogP contribution in [0.2, 0.25) is 0 Å². The van der Waals surface area contributed by atoms with Crippen LogP contribution in [0.5, 0.6) is 11.5 Å². The van der Waals surface area contributed by atoms with Gasteiger partial charge < -0.3 is 30.9 Å². The lowest BCUT2D eigenvalue weighted by Crippen LogP contribution is -2.38. The minimum Gasteiger partial charge on any atom is -0.493 e. The number of aliphatic carboxylic acids is 1. The average Bonchev–Trinajstić information content (AvgIpc) is 3.19. The number of carboxylic acid groups (broad SMARTS) is 1. The Hall–Kier alpha value is -3.34. The highest BCUT2D eigenvalue weighted by Gasteiger charge is 2.27. The summed E-state index contributed by atoms with van der Waals surface area (Å²) in [6.07, 6.45) is 2.37. The summed E-state index contributed by atoms with van der Waals surface area (Å²) >= 11 is 0. The first-order chi connectivity index (χ1) is 14.8. The van der Waals surface area contributed by atoms with E-state index in [0.717, 1.165) is 32.0 Å². The van der Waals surface area contributed by atoms with Gasteiger partial charge in [0.15, 0.2) is 11.5 Å². The predicted octanol–water partition coefficient (Wildman–Crippen LogP) is 1.23. The number of hydrogen-bond acceptors (Lipinski definition) is 8. The summed E-state index contributed by atoms with van der Waals surface area (Å²) < 4.78 is 11.0. The van der Waals surface area contributed by atoms with Crippen molar-refractivity contribution in [2.45, 2.75) is 32.1 Å². The molecule has 0 spiro atoms. The second-order valence-corrected chi connectivity index (χ2v) is 7.02. The lowest BCUT2D eigenvalue weighted by Gasteiger charge is -2.31. The van der Waals surface area contributed by atoms with E-state index in [0.29, 0.717) is 43.3 Å². The molecule has 0 aliphatic carbocycles. The fraction of sp³-hybridized carbons (Fsp3) is 0.500. The summed E-state index contributed by atoms with van der Waals surface area (Å²) in [6.45, 7) is 3.42. The van der Waals surface area contributed by atoms with Crippen molar-refractivity contribution in [3.8, 4) is 11.5 Å². The number of aromatic amines is 1. The molecule has 11 heteroatoms. The molecule has 0 saturated carbocycles. The number of carbonyl (C=O) groups is 2. The van der Waals surface area contributed by atoms with Gasteiger partial charge >= 0.3 is 0 Å². The number of anilines is 1. The highest BCUT2D eigenvalue weighted by Crippen LogP contribution is 2.30. The van der Waals surface area contributed by atoms with Crippen LogP contribution in [0.15, 0.2) is 18.2 Å². The molecule has 0 unspecified atom stereocenters. The molecule has 170 valence electrons. The Bertz CT molecular complexity index is 859. The van der Waals surface area contributed by atoms with Gasteiger partial charge in [0.2, 0.25) is 5.95 Å². The van der Waals surface area contributed by atoms with Crippen molar-refractivity contribution in [3.05, 3.63) is 29.6 Å². The van der Waals surface area contributed by atoms with Crippen molar-refractivity contribution in [2.24, 2.45) is 5.73 Å². The second-order valence-electron chi connectivity index (χ2n) is 7.02. The highest BCUT2D eigenvalue weighted by atomic mass is 16.5. The van der Waals surface area contributed by atoms with Crippen molar-refractivity contribution in [1.82, 2.24) is 20.1 Å². The molecule has 2 aromatic rings. The number of H-pyrrole nitrogens is 1. The predicted molar refractivity (Wildman–Crippen MR) is 114 cm³/mol. The number of carboxylic acids is 1. The van der Waals surface area contributed by atoms with E-state index < -0.39 is 5.97 Å². The van der Waals surface area contributed by atoms with Gasteiger partial charge in [-0.25, -0.2) is 0 Å². The van der Waals surface area contributed by atoms with Crippen LogP contribution in [0.4, 0.5) is 5.95 Å². The third-order valence-corrected chi connectivity index (χ3v) is 4.71. The Kier molecular flexibility index (Phi) is 9.07. The zero-order chi connectivity index (χ0) is 22.8. The van der Waals surface area contributed by atoms with E-state index in [1.807, 2.05) is 4.90 Å². The number of nitrogens with two attached hydrogens (primary N) is 2. The van der Waals surface area contributed by atoms with Gasteiger partial charge in [-0.1, -0.05) is 0 Å². The number of benzene rings is 1. The van der Waals surface area contributed by atoms with Gasteiger partial charge in [0.05, 0.1) is 13.7 Å². The molecule has 3 rings (SSSR count). The zero-order valence-corrected chi connectivity index (χ0v) is 17.8. The van der Waals surface area contributed by atoms with Gasteiger partial charge in [0, 0.05) is 31.5 Å². The molecule has 31 heavy (non-hydrogen) atoms. The Morgan fingerprint density at radius 1 is 1.29 bits per heavy atom. The van der Waals surface area contributed by atoms with E-state index in [1.54, 1.807) is 25.3 Å². The molecule has 1 fully saturated rings. The molecule has 1 aromatic heterocycles. The molecule has 0 bridgehead atoms.